The van der Waals surface area contributed by atoms with Gasteiger partial charge < -0.3 is 15.0 Å². The van der Waals surface area contributed by atoms with E-state index in [4.69, 9.17) is 16.3 Å². The fourth-order valence-electron chi connectivity index (χ4n) is 2.72. The molecule has 0 aliphatic carbocycles. The maximum atomic E-state index is 13.9. The highest BCUT2D eigenvalue weighted by molar-refractivity contribution is 6.31. The summed E-state index contributed by atoms with van der Waals surface area (Å²) < 4.78 is 19.6. The van der Waals surface area contributed by atoms with E-state index in [1.54, 1.807) is 11.9 Å². The first kappa shape index (κ1) is 16.5. The molecule has 0 radical (unpaired) electrons. The van der Waals surface area contributed by atoms with Crippen LogP contribution >= 0.6 is 11.6 Å². The molecule has 2 bridgehead atoms. The van der Waals surface area contributed by atoms with Crippen LogP contribution in [0.15, 0.2) is 18.3 Å². The molecular formula is C16H14ClFN6O2. The number of ether oxygens (including phenoxy) is 1. The zero-order chi connectivity index (χ0) is 18.3. The Labute approximate surface area is 152 Å². The predicted molar refractivity (Wildman–Crippen MR) is 93.0 cm³/mol. The number of hydrogen-bond acceptors (Lipinski definition) is 6. The zero-order valence-electron chi connectivity index (χ0n) is 13.7. The van der Waals surface area contributed by atoms with Crippen molar-refractivity contribution < 1.29 is 13.9 Å². The average Bonchev–Trinajstić information content (AvgIpc) is 3.06. The van der Waals surface area contributed by atoms with Crippen LogP contribution in [0.3, 0.4) is 0 Å². The minimum atomic E-state index is -0.529. The van der Waals surface area contributed by atoms with Crippen molar-refractivity contribution in [2.75, 3.05) is 25.1 Å². The SMILES string of the molecule is CN1Cc2c(ccc(F)c2Cl)OCCNC(=O)c2n[nH]c3ncc1nc23. The lowest BCUT2D eigenvalue weighted by atomic mass is 10.1. The van der Waals surface area contributed by atoms with E-state index in [-0.39, 0.29) is 36.3 Å². The summed E-state index contributed by atoms with van der Waals surface area (Å²) in [7, 11) is 1.76. The standard InChI is InChI=1S/C16H14ClFN6O2/c1-24-7-8-10(3-2-9(18)12(8)17)26-5-4-19-16(25)14-13-15(23-22-14)20-6-11(24)21-13/h2-3,6H,4-5,7H2,1H3,(H,19,25)(H,20,22,23). The largest absolute Gasteiger partial charge is 0.491 e. The number of halogens is 2. The normalized spacial score (nSPS) is 14.9. The van der Waals surface area contributed by atoms with Crippen LogP contribution in [0.2, 0.25) is 5.02 Å². The number of anilines is 1. The van der Waals surface area contributed by atoms with E-state index in [1.165, 1.54) is 18.3 Å². The zero-order valence-corrected chi connectivity index (χ0v) is 14.5. The molecule has 0 unspecified atom stereocenters. The molecule has 0 atom stereocenters. The van der Waals surface area contributed by atoms with E-state index in [1.807, 2.05) is 0 Å². The first-order valence-corrected chi connectivity index (χ1v) is 8.22. The van der Waals surface area contributed by atoms with Gasteiger partial charge in [-0.3, -0.25) is 9.89 Å². The first-order chi connectivity index (χ1) is 12.5. The Morgan fingerprint density at radius 3 is 3.08 bits per heavy atom. The molecule has 2 N–H and O–H groups in total. The van der Waals surface area contributed by atoms with Gasteiger partial charge in [0.2, 0.25) is 0 Å². The fraction of sp³-hybridized carbons (Fsp3) is 0.250. The Balaban J connectivity index is 1.83. The number of aromatic nitrogens is 4. The Kier molecular flexibility index (Phi) is 4.08. The average molecular weight is 377 g/mol. The number of aromatic amines is 1. The van der Waals surface area contributed by atoms with E-state index >= 15 is 0 Å². The number of nitrogens with zero attached hydrogens (tertiary/aromatic N) is 4. The molecule has 10 heteroatoms. The number of H-pyrrole nitrogens is 1. The molecule has 134 valence electrons. The molecule has 0 saturated carbocycles. The van der Waals surface area contributed by atoms with Crippen molar-refractivity contribution >= 4 is 34.5 Å². The summed E-state index contributed by atoms with van der Waals surface area (Å²) in [6.45, 7) is 0.687. The lowest BCUT2D eigenvalue weighted by Gasteiger charge is -2.21. The molecule has 1 amide bonds. The van der Waals surface area contributed by atoms with Crippen molar-refractivity contribution in [3.63, 3.8) is 0 Å². The van der Waals surface area contributed by atoms with E-state index < -0.39 is 5.82 Å². The quantitative estimate of drug-likeness (QED) is 0.622. The monoisotopic (exact) mass is 376 g/mol. The van der Waals surface area contributed by atoms with Crippen LogP contribution in [0.5, 0.6) is 5.75 Å². The van der Waals surface area contributed by atoms with Gasteiger partial charge in [-0.05, 0) is 12.1 Å². The van der Waals surface area contributed by atoms with Crippen molar-refractivity contribution in [3.8, 4) is 5.75 Å². The maximum Gasteiger partial charge on any atom is 0.274 e. The summed E-state index contributed by atoms with van der Waals surface area (Å²) in [6.07, 6.45) is 1.54. The summed E-state index contributed by atoms with van der Waals surface area (Å²) in [5, 5.41) is 9.37. The van der Waals surface area contributed by atoms with E-state index in [0.717, 1.165) is 0 Å². The number of fused-ring (bicyclic) bond motifs is 2. The highest BCUT2D eigenvalue weighted by Gasteiger charge is 2.20. The Hall–Kier alpha value is -2.94. The van der Waals surface area contributed by atoms with Gasteiger partial charge in [0.05, 0.1) is 17.8 Å². The molecule has 0 saturated heterocycles. The maximum absolute atomic E-state index is 13.9. The van der Waals surface area contributed by atoms with Crippen LogP contribution in [0.4, 0.5) is 10.2 Å². The van der Waals surface area contributed by atoms with Gasteiger partial charge in [0.25, 0.3) is 5.91 Å². The van der Waals surface area contributed by atoms with Crippen molar-refractivity contribution in [2.24, 2.45) is 0 Å². The topological polar surface area (TPSA) is 96.0 Å². The third-order valence-corrected chi connectivity index (χ3v) is 4.47. The van der Waals surface area contributed by atoms with Gasteiger partial charge in [0.1, 0.15) is 29.5 Å². The molecule has 1 aliphatic rings. The van der Waals surface area contributed by atoms with Gasteiger partial charge >= 0.3 is 0 Å². The number of rotatable bonds is 0. The molecule has 3 aromatic rings. The predicted octanol–water partition coefficient (Wildman–Crippen LogP) is 1.90. The Morgan fingerprint density at radius 2 is 2.23 bits per heavy atom. The molecular weight excluding hydrogens is 363 g/mol. The molecule has 2 aromatic heterocycles. The van der Waals surface area contributed by atoms with Crippen LogP contribution in [0.1, 0.15) is 16.1 Å². The number of carbonyl (C=O) groups is 1. The molecule has 0 fully saturated rings. The number of nitrogens with one attached hydrogen (secondary N) is 2. The molecule has 3 heterocycles. The summed E-state index contributed by atoms with van der Waals surface area (Å²) in [5.74, 6) is 0.0203. The van der Waals surface area contributed by atoms with Crippen LogP contribution < -0.4 is 15.0 Å². The van der Waals surface area contributed by atoms with E-state index in [0.29, 0.717) is 28.3 Å². The number of carbonyl (C=O) groups excluding carboxylic acids is 1. The summed E-state index contributed by atoms with van der Waals surface area (Å²) in [5.41, 5.74) is 1.41. The van der Waals surface area contributed by atoms with E-state index in [2.05, 4.69) is 25.5 Å². The second-order valence-corrected chi connectivity index (χ2v) is 6.17. The van der Waals surface area contributed by atoms with Gasteiger partial charge in [-0.15, -0.1) is 0 Å². The summed E-state index contributed by atoms with van der Waals surface area (Å²) in [4.78, 5) is 22.8. The fourth-order valence-corrected chi connectivity index (χ4v) is 2.93. The second kappa shape index (κ2) is 6.41. The Morgan fingerprint density at radius 1 is 1.38 bits per heavy atom. The lowest BCUT2D eigenvalue weighted by molar-refractivity contribution is 0.0943. The molecule has 26 heavy (non-hydrogen) atoms. The minimum absolute atomic E-state index is 0.00806. The van der Waals surface area contributed by atoms with Crippen LogP contribution in [-0.4, -0.2) is 46.3 Å². The van der Waals surface area contributed by atoms with Crippen molar-refractivity contribution in [1.29, 1.82) is 0 Å². The molecule has 4 rings (SSSR count). The highest BCUT2D eigenvalue weighted by atomic mass is 35.5. The van der Waals surface area contributed by atoms with Gasteiger partial charge in [-0.25, -0.2) is 14.4 Å². The van der Waals surface area contributed by atoms with Gasteiger partial charge in [-0.1, -0.05) is 11.6 Å². The number of benzene rings is 1. The van der Waals surface area contributed by atoms with Crippen LogP contribution in [-0.2, 0) is 6.54 Å². The first-order valence-electron chi connectivity index (χ1n) is 7.84. The molecule has 8 nitrogen and oxygen atoms in total. The van der Waals surface area contributed by atoms with Crippen LogP contribution in [0.25, 0.3) is 11.2 Å². The third-order valence-electron chi connectivity index (χ3n) is 4.06. The van der Waals surface area contributed by atoms with Gasteiger partial charge in [0, 0.05) is 19.2 Å². The van der Waals surface area contributed by atoms with Gasteiger partial charge in [-0.2, -0.15) is 5.10 Å². The summed E-state index contributed by atoms with van der Waals surface area (Å²) >= 11 is 6.15. The smallest absolute Gasteiger partial charge is 0.274 e. The third kappa shape index (κ3) is 2.80. The molecule has 1 aromatic carbocycles. The van der Waals surface area contributed by atoms with Crippen LogP contribution in [0, 0.1) is 5.82 Å². The van der Waals surface area contributed by atoms with Crippen molar-refractivity contribution in [1.82, 2.24) is 25.5 Å². The molecule has 0 spiro atoms. The second-order valence-electron chi connectivity index (χ2n) is 5.80. The lowest BCUT2D eigenvalue weighted by Crippen LogP contribution is -2.28. The highest BCUT2D eigenvalue weighted by Crippen LogP contribution is 2.31. The summed E-state index contributed by atoms with van der Waals surface area (Å²) in [6, 6.07) is 2.77. The Bertz CT molecular complexity index is 1010. The van der Waals surface area contributed by atoms with Crippen molar-refractivity contribution in [3.05, 3.63) is 40.4 Å². The number of amides is 1. The van der Waals surface area contributed by atoms with E-state index in [9.17, 15) is 9.18 Å². The molecule has 1 aliphatic heterocycles. The van der Waals surface area contributed by atoms with Gasteiger partial charge in [0.15, 0.2) is 11.3 Å². The number of hydrogen-bond donors (Lipinski definition) is 2. The minimum Gasteiger partial charge on any atom is -0.491 e. The van der Waals surface area contributed by atoms with Crippen molar-refractivity contribution in [2.45, 2.75) is 6.54 Å².